The molecule has 0 saturated carbocycles. The number of rotatable bonds is 21. The van der Waals surface area contributed by atoms with Crippen molar-refractivity contribution in [3.8, 4) is 62.4 Å². The van der Waals surface area contributed by atoms with Gasteiger partial charge in [0.15, 0.2) is 0 Å². The highest BCUT2D eigenvalue weighted by Gasteiger charge is 2.50. The van der Waals surface area contributed by atoms with Crippen molar-refractivity contribution >= 4 is 83.7 Å². The molecular weight excluding hydrogens is 1730 g/mol. The Morgan fingerprint density at radius 2 is 0.641 bits per heavy atom. The van der Waals surface area contributed by atoms with Crippen molar-refractivity contribution in [3.05, 3.63) is 261 Å². The van der Waals surface area contributed by atoms with Crippen LogP contribution in [0.1, 0.15) is 97.8 Å². The number of nitrogens with one attached hydrogen (secondary N) is 4. The van der Waals surface area contributed by atoms with E-state index in [0.717, 1.165) is 119 Å². The van der Waals surface area contributed by atoms with Gasteiger partial charge in [-0.25, -0.2) is 33.7 Å². The number of sulfonamides is 4. The summed E-state index contributed by atoms with van der Waals surface area (Å²) in [7, 11) is -13.1. The highest BCUT2D eigenvalue weighted by molar-refractivity contribution is 7.90. The van der Waals surface area contributed by atoms with Crippen molar-refractivity contribution in [1.82, 2.24) is 97.1 Å². The summed E-state index contributed by atoms with van der Waals surface area (Å²) in [4.78, 5) is 0.993. The fraction of sp³-hybridized carbons (Fsp3) is 0.312. The van der Waals surface area contributed by atoms with Crippen LogP contribution in [0.3, 0.4) is 0 Å². The van der Waals surface area contributed by atoms with Crippen LogP contribution in [0.4, 0.5) is 0 Å². The Hall–Kier alpha value is -13.1. The van der Waals surface area contributed by atoms with Crippen molar-refractivity contribution in [2.45, 2.75) is 156 Å². The van der Waals surface area contributed by atoms with Crippen molar-refractivity contribution in [1.29, 1.82) is 10.5 Å². The smallest absolute Gasteiger partial charge is 0.243 e. The Morgan fingerprint density at radius 1 is 0.344 bits per heavy atom. The zero-order chi connectivity index (χ0) is 92.2. The molecule has 0 bridgehead atoms. The minimum atomic E-state index is -3.72. The molecule has 4 N–H and O–H groups in total. The van der Waals surface area contributed by atoms with Crippen molar-refractivity contribution in [2.75, 3.05) is 33.3 Å². The Bertz CT molecular complexity index is 7440. The van der Waals surface area contributed by atoms with E-state index in [1.165, 1.54) is 25.3 Å². The zero-order valence-corrected chi connectivity index (χ0v) is 77.5. The average molecular weight is 1840 g/mol. The number of methoxy groups -OCH3 is 1. The van der Waals surface area contributed by atoms with Crippen molar-refractivity contribution in [2.24, 2.45) is 23.7 Å². The molecule has 4 saturated heterocycles. The number of hydrogen-bond donors (Lipinski definition) is 4. The van der Waals surface area contributed by atoms with Crippen LogP contribution < -0.4 is 4.74 Å². The van der Waals surface area contributed by atoms with Gasteiger partial charge in [-0.2, -0.15) is 68.5 Å². The van der Waals surface area contributed by atoms with Gasteiger partial charge in [-0.15, -0.1) is 0 Å². The first-order valence-electron chi connectivity index (χ1n) is 43.2. The summed E-state index contributed by atoms with van der Waals surface area (Å²) < 4.78 is 127. The van der Waals surface area contributed by atoms with E-state index in [1.807, 2.05) is 167 Å². The number of hydrogen-bond acceptors (Lipinski definition) is 19. The van der Waals surface area contributed by atoms with E-state index in [0.29, 0.717) is 74.1 Å². The van der Waals surface area contributed by atoms with Gasteiger partial charge >= 0.3 is 0 Å². The van der Waals surface area contributed by atoms with Gasteiger partial charge in [0.2, 0.25) is 40.1 Å². The third-order valence-electron chi connectivity index (χ3n) is 25.5. The molecule has 0 aliphatic carbocycles. The second-order valence-corrected chi connectivity index (χ2v) is 44.2. The van der Waals surface area contributed by atoms with Gasteiger partial charge in [-0.1, -0.05) is 48.5 Å². The van der Waals surface area contributed by atoms with Crippen LogP contribution in [0.5, 0.6) is 5.75 Å². The predicted molar refractivity (Wildman–Crippen MR) is 500 cm³/mol. The van der Waals surface area contributed by atoms with Crippen LogP contribution in [-0.4, -0.2) is 186 Å². The lowest BCUT2D eigenvalue weighted by atomic mass is 9.97. The van der Waals surface area contributed by atoms with Gasteiger partial charge in [-0.05, 0) is 255 Å². The highest BCUT2D eigenvalue weighted by Crippen LogP contribution is 2.44. The van der Waals surface area contributed by atoms with Crippen LogP contribution in [-0.2, 0) is 66.3 Å². The largest absolute Gasteiger partial charge is 0.497 e. The van der Waals surface area contributed by atoms with Crippen molar-refractivity contribution < 1.29 is 38.4 Å². The standard InChI is InChI=1S/2C24H24N6O2S.C24H27N5O3S.C24H27N5O2S/c1-24(2)10-18(16-30(24)33(31,32)22-6-3-17(11-25)4-7-22)15-29-23-8-5-19(9-20(23)14-28-29)21-12-26-27-13-21;1-24(2)10-18(16-30(24)33(31,32)22-5-3-4-17(8-22)11-25)15-29-23-7-6-19(9-20(23)14-28-29)21-12-26-27-13-21;1-24(2)11-17(16-29(24)33(30,31)22-6-4-5-21(10-22)32-3)15-28-23-8-7-18(9-19(23)14-27-28)20-12-25-26-13-20;1-17-5-4-6-22(9-17)32(30,31)29-16-18(11-24(29,2)3)15-28-23-8-7-19(10-20(23)14-27-28)21-12-25-26-13-21/h2*3-9,12-14,18H,10,15-16H2,1-2H3,(H,26,27);4-10,12-14,17H,11,15-16H2,1-3H3,(H,25,26);4-10,12-14,18H,11,15-16H2,1-3H3,(H,25,26). The molecule has 674 valence electrons. The second kappa shape index (κ2) is 35.6. The van der Waals surface area contributed by atoms with Crippen LogP contribution in [0.15, 0.2) is 264 Å². The number of aromatic amines is 4. The van der Waals surface area contributed by atoms with E-state index < -0.39 is 62.2 Å². The molecule has 0 radical (unpaired) electrons. The summed E-state index contributed by atoms with van der Waals surface area (Å²) in [6.45, 7) is 22.1. The first kappa shape index (κ1) is 89.9. The minimum absolute atomic E-state index is 0.116. The van der Waals surface area contributed by atoms with Crippen LogP contribution in [0, 0.1) is 53.3 Å². The van der Waals surface area contributed by atoms with E-state index in [-0.39, 0.29) is 38.4 Å². The molecule has 131 heavy (non-hydrogen) atoms. The monoisotopic (exact) mass is 1830 g/mol. The van der Waals surface area contributed by atoms with Gasteiger partial charge < -0.3 is 4.74 Å². The third kappa shape index (κ3) is 18.5. The van der Waals surface area contributed by atoms with Crippen molar-refractivity contribution in [3.63, 3.8) is 0 Å². The molecule has 4 fully saturated rings. The summed E-state index contributed by atoms with van der Waals surface area (Å²) in [6.07, 6.45) is 25.0. The molecule has 16 aromatic rings. The Kier molecular flexibility index (Phi) is 24.4. The first-order valence-corrected chi connectivity index (χ1v) is 48.9. The second-order valence-electron chi connectivity index (χ2n) is 36.8. The predicted octanol–water partition coefficient (Wildman–Crippen LogP) is 15.7. The van der Waals surface area contributed by atoms with E-state index in [1.54, 1.807) is 115 Å². The molecule has 4 aliphatic heterocycles. The number of benzene rings is 8. The molecule has 20 rings (SSSR count). The number of nitrogens with zero attached hydrogens (tertiary/aromatic N) is 18. The molecular formula is C96H102N22O9S4. The number of H-pyrrole nitrogens is 4. The lowest BCUT2D eigenvalue weighted by molar-refractivity contribution is 0.291. The van der Waals surface area contributed by atoms with E-state index >= 15 is 0 Å². The number of fused-ring (bicyclic) bond motifs is 4. The number of nitriles is 2. The van der Waals surface area contributed by atoms with Gasteiger partial charge in [0.25, 0.3) is 0 Å². The lowest BCUT2D eigenvalue weighted by Crippen LogP contribution is -2.42. The summed E-state index contributed by atoms with van der Waals surface area (Å²) in [6, 6.07) is 55.0. The summed E-state index contributed by atoms with van der Waals surface area (Å²) >= 11 is 0. The van der Waals surface area contributed by atoms with Gasteiger partial charge in [0.1, 0.15) is 5.75 Å². The zero-order valence-electron chi connectivity index (χ0n) is 74.2. The SMILES string of the molecule is CC1(C)CC(Cn2ncc3cc(-c4cn[nH]c4)ccc32)CN1S(=O)(=O)c1ccc(C#N)cc1.CC1(C)CC(Cn2ncc3cc(-c4cn[nH]c4)ccc32)CN1S(=O)(=O)c1cccc(C#N)c1.COc1cccc(S(=O)(=O)N2CC(Cn3ncc4cc(-c5cn[nH]c5)ccc43)CC2(C)C)c1.Cc1cccc(S(=O)(=O)N2CC(Cn3ncc4cc(-c5cn[nH]c5)ccc43)CC2(C)C)c1. The molecule has 35 heteroatoms. The Labute approximate surface area is 760 Å². The summed E-state index contributed by atoms with van der Waals surface area (Å²) in [5.41, 5.74) is 12.2. The van der Waals surface area contributed by atoms with Gasteiger partial charge in [0, 0.05) is 149 Å². The van der Waals surface area contributed by atoms with E-state index in [9.17, 15) is 33.7 Å². The number of aryl methyl sites for hydroxylation is 1. The normalized spacial score (nSPS) is 18.7. The maximum Gasteiger partial charge on any atom is 0.243 e. The molecule has 8 aromatic heterocycles. The Morgan fingerprint density at radius 3 is 0.939 bits per heavy atom. The quantitative estimate of drug-likeness (QED) is 0.0519. The van der Waals surface area contributed by atoms with E-state index in [2.05, 4.69) is 116 Å². The topological polar surface area (TPSA) is 392 Å². The molecule has 4 atom stereocenters. The fourth-order valence-corrected chi connectivity index (χ4v) is 27.0. The van der Waals surface area contributed by atoms with Gasteiger partial charge in [0.05, 0.1) is 122 Å². The molecule has 12 heterocycles. The maximum atomic E-state index is 13.5. The molecule has 4 unspecified atom stereocenters. The van der Waals surface area contributed by atoms with Crippen LogP contribution >= 0.6 is 0 Å². The minimum Gasteiger partial charge on any atom is -0.497 e. The maximum absolute atomic E-state index is 13.5. The van der Waals surface area contributed by atoms with Crippen LogP contribution in [0.25, 0.3) is 88.1 Å². The molecule has 0 spiro atoms. The first-order chi connectivity index (χ1) is 62.6. The fourth-order valence-electron chi connectivity index (χ4n) is 19.3. The molecule has 31 nitrogen and oxygen atoms in total. The molecule has 4 aliphatic rings. The van der Waals surface area contributed by atoms with Crippen LogP contribution in [0.2, 0.25) is 0 Å². The summed E-state index contributed by atoms with van der Waals surface area (Å²) in [5, 5.41) is 68.1. The number of aromatic nitrogens is 16. The van der Waals surface area contributed by atoms with E-state index in [4.69, 9.17) is 15.3 Å². The lowest BCUT2D eigenvalue weighted by Gasteiger charge is -2.30. The Balaban J connectivity index is 0.000000122. The summed E-state index contributed by atoms with van der Waals surface area (Å²) in [5.74, 6) is 1.11. The molecule has 8 aromatic carbocycles. The molecule has 0 amide bonds. The number of ether oxygens (including phenoxy) is 1. The van der Waals surface area contributed by atoms with Gasteiger partial charge in [-0.3, -0.25) is 39.1 Å². The average Bonchev–Trinajstić information content (AvgIpc) is 1.64. The third-order valence-corrected chi connectivity index (χ3v) is 33.8. The highest BCUT2D eigenvalue weighted by atomic mass is 32.2.